The second-order valence-electron chi connectivity index (χ2n) is 6.22. The molecule has 6 heteroatoms. The van der Waals surface area contributed by atoms with Crippen LogP contribution in [0, 0.1) is 13.8 Å². The standard InChI is InChI=1S/C20H23ClN2O3/c1-12-9-13(2)20(17(21)10-12)23-19(25)11-18(22-14(3)24)15-5-7-16(26-4)8-6-15/h5-10,18H,11H2,1-4H3,(H,22,24)(H,23,25)/t18-/m0/s1. The van der Waals surface area contributed by atoms with Crippen LogP contribution in [-0.4, -0.2) is 18.9 Å². The number of hydrogen-bond donors (Lipinski definition) is 2. The molecule has 0 aliphatic rings. The van der Waals surface area contributed by atoms with Crippen LogP contribution < -0.4 is 15.4 Å². The molecule has 2 N–H and O–H groups in total. The van der Waals surface area contributed by atoms with Crippen LogP contribution in [0.1, 0.15) is 36.1 Å². The van der Waals surface area contributed by atoms with E-state index in [1.54, 1.807) is 25.3 Å². The van der Waals surface area contributed by atoms with Gasteiger partial charge in [0.05, 0.1) is 30.3 Å². The molecule has 0 aromatic heterocycles. The molecule has 0 spiro atoms. The summed E-state index contributed by atoms with van der Waals surface area (Å²) in [6.07, 6.45) is 0.0928. The Morgan fingerprint density at radius 1 is 1.15 bits per heavy atom. The molecule has 0 unspecified atom stereocenters. The van der Waals surface area contributed by atoms with Crippen molar-refractivity contribution >= 4 is 29.1 Å². The van der Waals surface area contributed by atoms with Crippen molar-refractivity contribution in [2.75, 3.05) is 12.4 Å². The van der Waals surface area contributed by atoms with Gasteiger partial charge in [0.2, 0.25) is 11.8 Å². The maximum Gasteiger partial charge on any atom is 0.226 e. The third-order valence-corrected chi connectivity index (χ3v) is 4.28. The number of hydrogen-bond acceptors (Lipinski definition) is 3. The van der Waals surface area contributed by atoms with E-state index in [0.717, 1.165) is 16.7 Å². The van der Waals surface area contributed by atoms with E-state index < -0.39 is 6.04 Å². The molecule has 0 aliphatic heterocycles. The van der Waals surface area contributed by atoms with Gasteiger partial charge in [-0.25, -0.2) is 0 Å². The third-order valence-electron chi connectivity index (χ3n) is 3.98. The van der Waals surface area contributed by atoms with E-state index in [1.165, 1.54) is 6.92 Å². The topological polar surface area (TPSA) is 67.4 Å². The minimum absolute atomic E-state index is 0.0928. The number of carbonyl (C=O) groups is 2. The van der Waals surface area contributed by atoms with Gasteiger partial charge in [0, 0.05) is 6.92 Å². The molecule has 0 aliphatic carbocycles. The monoisotopic (exact) mass is 374 g/mol. The normalized spacial score (nSPS) is 11.6. The Morgan fingerprint density at radius 2 is 1.81 bits per heavy atom. The van der Waals surface area contributed by atoms with E-state index in [1.807, 2.05) is 32.0 Å². The third kappa shape index (κ3) is 5.23. The van der Waals surface area contributed by atoms with Crippen molar-refractivity contribution in [3.05, 3.63) is 58.1 Å². The van der Waals surface area contributed by atoms with Crippen LogP contribution in [0.3, 0.4) is 0 Å². The summed E-state index contributed by atoms with van der Waals surface area (Å²) in [6, 6.07) is 10.6. The van der Waals surface area contributed by atoms with Crippen molar-refractivity contribution in [1.29, 1.82) is 0 Å². The Hall–Kier alpha value is -2.53. The van der Waals surface area contributed by atoms with Gasteiger partial charge >= 0.3 is 0 Å². The van der Waals surface area contributed by atoms with Gasteiger partial charge in [-0.05, 0) is 48.7 Å². The zero-order valence-corrected chi connectivity index (χ0v) is 16.1. The van der Waals surface area contributed by atoms with Crippen LogP contribution in [0.15, 0.2) is 36.4 Å². The van der Waals surface area contributed by atoms with Crippen LogP contribution >= 0.6 is 11.6 Å². The molecule has 0 heterocycles. The Labute approximate surface area is 158 Å². The van der Waals surface area contributed by atoms with Crippen LogP contribution in [0.25, 0.3) is 0 Å². The highest BCUT2D eigenvalue weighted by molar-refractivity contribution is 6.34. The molecule has 0 radical (unpaired) electrons. The smallest absolute Gasteiger partial charge is 0.226 e. The molecule has 0 saturated heterocycles. The molecule has 26 heavy (non-hydrogen) atoms. The van der Waals surface area contributed by atoms with E-state index in [2.05, 4.69) is 10.6 Å². The van der Waals surface area contributed by atoms with E-state index in [4.69, 9.17) is 16.3 Å². The summed E-state index contributed by atoms with van der Waals surface area (Å²) < 4.78 is 5.14. The molecule has 0 bridgehead atoms. The average molecular weight is 375 g/mol. The van der Waals surface area contributed by atoms with E-state index in [0.29, 0.717) is 16.5 Å². The van der Waals surface area contributed by atoms with Gasteiger partial charge in [0.25, 0.3) is 0 Å². The summed E-state index contributed by atoms with van der Waals surface area (Å²) in [7, 11) is 1.58. The van der Waals surface area contributed by atoms with Crippen LogP contribution in [-0.2, 0) is 9.59 Å². The van der Waals surface area contributed by atoms with Gasteiger partial charge in [-0.2, -0.15) is 0 Å². The first-order chi connectivity index (χ1) is 12.3. The minimum atomic E-state index is -0.442. The maximum atomic E-state index is 12.5. The Kier molecular flexibility index (Phi) is 6.64. The quantitative estimate of drug-likeness (QED) is 0.797. The number of ether oxygens (including phenoxy) is 1. The molecule has 2 aromatic rings. The molecule has 5 nitrogen and oxygen atoms in total. The number of benzene rings is 2. The zero-order valence-electron chi connectivity index (χ0n) is 15.4. The van der Waals surface area contributed by atoms with Crippen LogP contribution in [0.4, 0.5) is 5.69 Å². The summed E-state index contributed by atoms with van der Waals surface area (Å²) >= 11 is 6.25. The van der Waals surface area contributed by atoms with Crippen molar-refractivity contribution in [2.45, 2.75) is 33.2 Å². The van der Waals surface area contributed by atoms with Gasteiger partial charge in [-0.15, -0.1) is 0 Å². The van der Waals surface area contributed by atoms with Crippen molar-refractivity contribution in [3.8, 4) is 5.75 Å². The second kappa shape index (κ2) is 8.72. The number of methoxy groups -OCH3 is 1. The van der Waals surface area contributed by atoms with Crippen molar-refractivity contribution in [3.63, 3.8) is 0 Å². The molecule has 0 fully saturated rings. The largest absolute Gasteiger partial charge is 0.497 e. The van der Waals surface area contributed by atoms with Crippen molar-refractivity contribution in [1.82, 2.24) is 5.32 Å². The number of halogens is 1. The number of nitrogens with one attached hydrogen (secondary N) is 2. The fourth-order valence-corrected chi connectivity index (χ4v) is 3.15. The molecule has 2 amide bonds. The van der Waals surface area contributed by atoms with Gasteiger partial charge in [-0.3, -0.25) is 9.59 Å². The zero-order chi connectivity index (χ0) is 19.3. The van der Waals surface area contributed by atoms with Gasteiger partial charge in [0.15, 0.2) is 0 Å². The van der Waals surface area contributed by atoms with E-state index in [9.17, 15) is 9.59 Å². The molecule has 138 valence electrons. The summed E-state index contributed by atoms with van der Waals surface area (Å²) in [5.74, 6) is 0.276. The lowest BCUT2D eigenvalue weighted by molar-refractivity contribution is -0.120. The first kappa shape index (κ1) is 19.8. The highest BCUT2D eigenvalue weighted by atomic mass is 35.5. The first-order valence-corrected chi connectivity index (χ1v) is 8.65. The second-order valence-corrected chi connectivity index (χ2v) is 6.62. The molecular weight excluding hydrogens is 352 g/mol. The van der Waals surface area contributed by atoms with Crippen LogP contribution in [0.2, 0.25) is 5.02 Å². The van der Waals surface area contributed by atoms with Crippen LogP contribution in [0.5, 0.6) is 5.75 Å². The van der Waals surface area contributed by atoms with Gasteiger partial charge < -0.3 is 15.4 Å². The van der Waals surface area contributed by atoms with Crippen molar-refractivity contribution in [2.24, 2.45) is 0 Å². The Morgan fingerprint density at radius 3 is 2.35 bits per heavy atom. The fourth-order valence-electron chi connectivity index (χ4n) is 2.78. The lowest BCUT2D eigenvalue weighted by Gasteiger charge is -2.19. The maximum absolute atomic E-state index is 12.5. The summed E-state index contributed by atoms with van der Waals surface area (Å²) in [4.78, 5) is 24.1. The summed E-state index contributed by atoms with van der Waals surface area (Å²) in [5, 5.41) is 6.17. The average Bonchev–Trinajstić information content (AvgIpc) is 2.57. The number of anilines is 1. The van der Waals surface area contributed by atoms with Gasteiger partial charge in [0.1, 0.15) is 5.75 Å². The van der Waals surface area contributed by atoms with Gasteiger partial charge in [-0.1, -0.05) is 29.8 Å². The minimum Gasteiger partial charge on any atom is -0.497 e. The lowest BCUT2D eigenvalue weighted by Crippen LogP contribution is -2.29. The summed E-state index contributed by atoms with van der Waals surface area (Å²) in [5.41, 5.74) is 3.34. The van der Waals surface area contributed by atoms with E-state index >= 15 is 0 Å². The molecule has 2 rings (SSSR count). The summed E-state index contributed by atoms with van der Waals surface area (Å²) in [6.45, 7) is 5.26. The van der Waals surface area contributed by atoms with E-state index in [-0.39, 0.29) is 18.2 Å². The predicted octanol–water partition coefficient (Wildman–Crippen LogP) is 4.17. The number of rotatable bonds is 6. The first-order valence-electron chi connectivity index (χ1n) is 8.27. The SMILES string of the molecule is COc1ccc([C@H](CC(=O)Nc2c(C)cc(C)cc2Cl)NC(C)=O)cc1. The Bertz CT molecular complexity index is 780. The lowest BCUT2D eigenvalue weighted by atomic mass is 10.0. The highest BCUT2D eigenvalue weighted by Gasteiger charge is 2.18. The highest BCUT2D eigenvalue weighted by Crippen LogP contribution is 2.28. The molecule has 0 saturated carbocycles. The predicted molar refractivity (Wildman–Crippen MR) is 104 cm³/mol. The number of amides is 2. The van der Waals surface area contributed by atoms with Crippen molar-refractivity contribution < 1.29 is 14.3 Å². The molecular formula is C20H23ClN2O3. The fraction of sp³-hybridized carbons (Fsp3) is 0.300. The molecule has 2 aromatic carbocycles. The molecule has 1 atom stereocenters. The Balaban J connectivity index is 2.17. The number of aryl methyl sites for hydroxylation is 2. The number of carbonyl (C=O) groups excluding carboxylic acids is 2.